The van der Waals surface area contributed by atoms with E-state index in [1.165, 1.54) is 20.6 Å². The number of cyclic esters (lactones) is 1. The van der Waals surface area contributed by atoms with Crippen LogP contribution in [0.2, 0.25) is 0 Å². The molecule has 0 saturated carbocycles. The van der Waals surface area contributed by atoms with Crippen LogP contribution < -0.4 is 0 Å². The van der Waals surface area contributed by atoms with E-state index in [1.807, 2.05) is 33.8 Å². The zero-order chi connectivity index (χ0) is 45.3. The zero-order valence-corrected chi connectivity index (χ0v) is 38.9. The average Bonchev–Trinajstić information content (AvgIpc) is 3.19. The largest absolute Gasteiger partial charge is 0.462 e. The van der Waals surface area contributed by atoms with Crippen LogP contribution >= 0.6 is 0 Å². The second-order valence-corrected chi connectivity index (χ2v) is 18.9. The number of ether oxygens (including phenoxy) is 7. The van der Waals surface area contributed by atoms with E-state index < -0.39 is 103 Å². The first-order valence-corrected chi connectivity index (χ1v) is 22.6. The summed E-state index contributed by atoms with van der Waals surface area (Å²) >= 11 is 0. The van der Waals surface area contributed by atoms with Crippen molar-refractivity contribution in [1.29, 1.82) is 0 Å². The minimum absolute atomic E-state index is 0.0427. The lowest BCUT2D eigenvalue weighted by Gasteiger charge is -2.47. The molecule has 4 aliphatic rings. The van der Waals surface area contributed by atoms with Crippen molar-refractivity contribution in [1.82, 2.24) is 9.80 Å². The molecule has 0 aliphatic carbocycles. The Morgan fingerprint density at radius 1 is 0.820 bits per heavy atom. The average molecular weight is 869 g/mol. The van der Waals surface area contributed by atoms with Crippen molar-refractivity contribution >= 4 is 11.8 Å². The van der Waals surface area contributed by atoms with Crippen molar-refractivity contribution in [3.05, 3.63) is 23.8 Å². The second-order valence-electron chi connectivity index (χ2n) is 18.9. The van der Waals surface area contributed by atoms with E-state index in [0.717, 1.165) is 25.2 Å². The molecule has 0 unspecified atom stereocenters. The Labute approximate surface area is 365 Å². The minimum atomic E-state index is -1.23. The number of piperidine rings is 1. The summed E-state index contributed by atoms with van der Waals surface area (Å²) in [5.74, 6) is -1.46. The first-order chi connectivity index (χ1) is 28.8. The molecule has 15 heteroatoms. The maximum Gasteiger partial charge on any atom is 0.308 e. The van der Waals surface area contributed by atoms with Gasteiger partial charge in [-0.05, 0) is 90.9 Å². The minimum Gasteiger partial charge on any atom is -0.462 e. The SMILES string of the molecule is CC[C@@H]1OC(=O)C[C@H](O)[C@@H](C)[C@H](O[C@H]2O[C@@H](C)[C@H](O)[C@@H](N(C)C)[C@@H]2O)[C@H](CCN2C[C@H](C)C[C@H](C)C2)C[C@H](C)C(=O)/C=C/C(C)=C/[C@H]1CO[C@H]1O[C@@H](C)[C@H](O)[C@H](OC)[C@@H]1OC. The third kappa shape index (κ3) is 13.8. The monoisotopic (exact) mass is 869 g/mol. The maximum absolute atomic E-state index is 14.0. The molecule has 0 spiro atoms. The Kier molecular flexibility index (Phi) is 20.3. The van der Waals surface area contributed by atoms with Crippen LogP contribution in [0.25, 0.3) is 0 Å². The molecule has 19 atom stereocenters. The highest BCUT2D eigenvalue weighted by Gasteiger charge is 2.48. The van der Waals surface area contributed by atoms with Crippen LogP contribution in [-0.2, 0) is 42.7 Å². The van der Waals surface area contributed by atoms with Crippen LogP contribution in [0, 0.1) is 35.5 Å². The number of hydrogen-bond acceptors (Lipinski definition) is 15. The van der Waals surface area contributed by atoms with Crippen molar-refractivity contribution in [2.75, 3.05) is 54.6 Å². The topological polar surface area (TPSA) is 186 Å². The number of carbonyl (C=O) groups excluding carboxylic acids is 2. The smallest absolute Gasteiger partial charge is 0.308 e. The molecule has 0 amide bonds. The fraction of sp³-hybridized carbons (Fsp3) is 0.870. The van der Waals surface area contributed by atoms with Gasteiger partial charge in [-0.15, -0.1) is 0 Å². The zero-order valence-electron chi connectivity index (χ0n) is 38.9. The number of likely N-dealkylation sites (N-methyl/N-ethyl adjacent to an activating group) is 1. The standard InChI is InChI=1S/C46H80N2O13/c1-13-36-33(24-57-46-44(56-12)43(55-11)40(53)31(8)59-46)19-25(2)14-15-34(49)28(5)20-32(16-17-48-22-26(3)18-27(4)23-48)42(29(6)35(50)21-37(51)60-36)61-45-41(54)38(47(9)10)39(52)30(7)58-45/h14-15,19,26-33,35-36,38-46,50,52-54H,13,16-18,20-24H2,1-12H3/b15-14+,25-19+/t26-,27+,28-,29+,30-,31-,32+,33-,35-,36-,38+,39-,40-,41-,42-,43-,44-,45+,46-/m0/s1. The lowest BCUT2D eigenvalue weighted by Crippen LogP contribution is -2.63. The normalized spacial score (nSPS) is 44.3. The van der Waals surface area contributed by atoms with E-state index in [2.05, 4.69) is 18.7 Å². The van der Waals surface area contributed by atoms with Gasteiger partial charge in [0.2, 0.25) is 0 Å². The van der Waals surface area contributed by atoms with E-state index >= 15 is 0 Å². The molecule has 0 aromatic heterocycles. The van der Waals surface area contributed by atoms with Gasteiger partial charge in [-0.2, -0.15) is 0 Å². The Balaban J connectivity index is 1.68. The van der Waals surface area contributed by atoms with Crippen LogP contribution in [0.3, 0.4) is 0 Å². The Morgan fingerprint density at radius 2 is 1.44 bits per heavy atom. The van der Waals surface area contributed by atoms with Crippen LogP contribution in [0.5, 0.6) is 0 Å². The number of esters is 1. The summed E-state index contributed by atoms with van der Waals surface area (Å²) in [4.78, 5) is 32.1. The third-order valence-corrected chi connectivity index (χ3v) is 13.5. The lowest BCUT2D eigenvalue weighted by atomic mass is 9.79. The van der Waals surface area contributed by atoms with E-state index in [4.69, 9.17) is 33.2 Å². The summed E-state index contributed by atoms with van der Waals surface area (Å²) in [6.07, 6.45) is -2.96. The summed E-state index contributed by atoms with van der Waals surface area (Å²) in [5, 5.41) is 45.3. The molecule has 0 bridgehead atoms. The van der Waals surface area contributed by atoms with Crippen LogP contribution in [0.15, 0.2) is 23.8 Å². The number of rotatable bonds is 12. The summed E-state index contributed by atoms with van der Waals surface area (Å²) in [6.45, 7) is 18.2. The number of carbonyl (C=O) groups is 2. The number of methoxy groups -OCH3 is 2. The van der Waals surface area contributed by atoms with E-state index in [-0.39, 0.29) is 24.7 Å². The number of aliphatic hydroxyl groups is 4. The molecule has 4 N–H and O–H groups in total. The molecule has 0 aromatic carbocycles. The van der Waals surface area contributed by atoms with Gasteiger partial charge < -0.3 is 63.4 Å². The molecular weight excluding hydrogens is 789 g/mol. The number of allylic oxidation sites excluding steroid dienone is 3. The van der Waals surface area contributed by atoms with Gasteiger partial charge in [-0.25, -0.2) is 0 Å². The fourth-order valence-electron chi connectivity index (χ4n) is 10.0. The Hall–Kier alpha value is -1.86. The molecule has 15 nitrogen and oxygen atoms in total. The van der Waals surface area contributed by atoms with Crippen molar-refractivity contribution in [3.63, 3.8) is 0 Å². The molecule has 4 aliphatic heterocycles. The lowest BCUT2D eigenvalue weighted by molar-refractivity contribution is -0.304. The number of hydrogen-bond donors (Lipinski definition) is 4. The van der Waals surface area contributed by atoms with Gasteiger partial charge in [-0.1, -0.05) is 52.3 Å². The van der Waals surface area contributed by atoms with Crippen molar-refractivity contribution in [2.24, 2.45) is 35.5 Å². The highest BCUT2D eigenvalue weighted by atomic mass is 16.7. The number of likely N-dealkylation sites (tertiary alicyclic amines) is 1. The number of aliphatic hydroxyl groups excluding tert-OH is 4. The molecule has 352 valence electrons. The molecule has 3 fully saturated rings. The number of nitrogens with zero attached hydrogens (tertiary/aromatic N) is 2. The molecule has 61 heavy (non-hydrogen) atoms. The second kappa shape index (κ2) is 23.9. The van der Waals surface area contributed by atoms with Crippen molar-refractivity contribution in [3.8, 4) is 0 Å². The number of ketones is 1. The predicted molar refractivity (Wildman–Crippen MR) is 229 cm³/mol. The van der Waals surface area contributed by atoms with Crippen LogP contribution in [0.1, 0.15) is 87.5 Å². The summed E-state index contributed by atoms with van der Waals surface area (Å²) in [7, 11) is 6.54. The Morgan fingerprint density at radius 3 is 2.05 bits per heavy atom. The molecule has 0 radical (unpaired) electrons. The molecule has 0 aromatic rings. The van der Waals surface area contributed by atoms with E-state index in [9.17, 15) is 30.0 Å². The highest BCUT2D eigenvalue weighted by Crippen LogP contribution is 2.36. The van der Waals surface area contributed by atoms with Gasteiger partial charge in [0, 0.05) is 45.1 Å². The van der Waals surface area contributed by atoms with E-state index in [1.54, 1.807) is 45.0 Å². The molecule has 4 rings (SSSR count). The quantitative estimate of drug-likeness (QED) is 0.209. The first-order valence-electron chi connectivity index (χ1n) is 22.6. The summed E-state index contributed by atoms with van der Waals surface area (Å²) < 4.78 is 42.6. The van der Waals surface area contributed by atoms with Crippen LogP contribution in [-0.4, -0.2) is 176 Å². The van der Waals surface area contributed by atoms with Gasteiger partial charge in [0.25, 0.3) is 0 Å². The van der Waals surface area contributed by atoms with Crippen molar-refractivity contribution in [2.45, 2.75) is 167 Å². The summed E-state index contributed by atoms with van der Waals surface area (Å²) in [5.41, 5.74) is 0.761. The van der Waals surface area contributed by atoms with Crippen molar-refractivity contribution < 1.29 is 63.2 Å². The van der Waals surface area contributed by atoms with Gasteiger partial charge in [-0.3, -0.25) is 9.59 Å². The highest BCUT2D eigenvalue weighted by molar-refractivity contribution is 5.91. The predicted octanol–water partition coefficient (Wildman–Crippen LogP) is 3.34. The molecular formula is C46H80N2O13. The van der Waals surface area contributed by atoms with Crippen LogP contribution in [0.4, 0.5) is 0 Å². The molecule has 4 heterocycles. The third-order valence-electron chi connectivity index (χ3n) is 13.5. The van der Waals surface area contributed by atoms with Gasteiger partial charge >= 0.3 is 5.97 Å². The van der Waals surface area contributed by atoms with Gasteiger partial charge in [0.15, 0.2) is 18.4 Å². The summed E-state index contributed by atoms with van der Waals surface area (Å²) in [6, 6.07) is -0.684. The Bertz CT molecular complexity index is 1420. The fourth-order valence-corrected chi connectivity index (χ4v) is 10.0. The maximum atomic E-state index is 14.0. The van der Waals surface area contributed by atoms with Gasteiger partial charge in [0.1, 0.15) is 30.5 Å². The molecule has 3 saturated heterocycles. The van der Waals surface area contributed by atoms with Gasteiger partial charge in [0.05, 0.1) is 49.6 Å². The van der Waals surface area contributed by atoms with E-state index in [0.29, 0.717) is 31.1 Å². The first kappa shape index (κ1) is 51.8.